The van der Waals surface area contributed by atoms with Crippen molar-refractivity contribution >= 4 is 54.0 Å². The Labute approximate surface area is 169 Å². The average Bonchev–Trinajstić information content (AvgIpc) is 2.52. The molecule has 144 valence electrons. The zero-order valence-electron chi connectivity index (χ0n) is 13.6. The van der Waals surface area contributed by atoms with Gasteiger partial charge in [-0.3, -0.25) is 4.79 Å². The Kier molecular flexibility index (Phi) is 12.7. The molecule has 0 radical (unpaired) electrons. The van der Waals surface area contributed by atoms with Crippen molar-refractivity contribution in [3.8, 4) is 0 Å². The molecule has 0 bridgehead atoms. The highest BCUT2D eigenvalue weighted by atomic mass is 35.5. The molecule has 1 fully saturated rings. The van der Waals surface area contributed by atoms with E-state index in [1.54, 1.807) is 12.1 Å². The lowest BCUT2D eigenvalue weighted by molar-refractivity contribution is -0.148. The maximum atomic E-state index is 11.8. The summed E-state index contributed by atoms with van der Waals surface area (Å²) in [5.41, 5.74) is 6.44. The molecule has 0 unspecified atom stereocenters. The number of nitrogens with one attached hydrogen (secondary N) is 1. The molecule has 0 spiro atoms. The van der Waals surface area contributed by atoms with E-state index in [1.807, 2.05) is 0 Å². The molecular weight excluding hydrogens is 412 g/mol. The number of pyridine rings is 1. The third kappa shape index (κ3) is 9.24. The van der Waals surface area contributed by atoms with Crippen LogP contribution >= 0.6 is 48.0 Å². The second-order valence-electron chi connectivity index (χ2n) is 5.57. The minimum absolute atomic E-state index is 0. The minimum Gasteiger partial charge on any atom is -0.460 e. The Hall–Kier alpha value is -0.340. The van der Waals surface area contributed by atoms with E-state index in [1.165, 1.54) is 0 Å². The number of rotatable bonds is 7. The summed E-state index contributed by atoms with van der Waals surface area (Å²) in [5, 5.41) is 3.79. The van der Waals surface area contributed by atoms with Crippen molar-refractivity contribution in [2.45, 2.75) is 25.5 Å². The van der Waals surface area contributed by atoms with Gasteiger partial charge in [0.25, 0.3) is 0 Å². The maximum Gasteiger partial charge on any atom is 0.325 e. The van der Waals surface area contributed by atoms with E-state index in [2.05, 4.69) is 10.3 Å². The van der Waals surface area contributed by atoms with Crippen molar-refractivity contribution in [2.24, 2.45) is 11.7 Å². The first kappa shape index (κ1) is 24.7. The summed E-state index contributed by atoms with van der Waals surface area (Å²) in [6.07, 6.45) is 2.17. The molecule has 2 heterocycles. The fourth-order valence-corrected chi connectivity index (χ4v) is 2.84. The molecule has 25 heavy (non-hydrogen) atoms. The van der Waals surface area contributed by atoms with Crippen molar-refractivity contribution in [1.82, 2.24) is 10.3 Å². The van der Waals surface area contributed by atoms with Crippen molar-refractivity contribution < 1.29 is 14.3 Å². The third-order valence-electron chi connectivity index (χ3n) is 3.62. The highest BCUT2D eigenvalue weighted by Crippen LogP contribution is 2.15. The molecule has 1 atom stereocenters. The lowest BCUT2D eigenvalue weighted by Crippen LogP contribution is -2.38. The average molecular weight is 435 g/mol. The van der Waals surface area contributed by atoms with Crippen LogP contribution in [-0.2, 0) is 20.9 Å². The fourth-order valence-electron chi connectivity index (χ4n) is 2.34. The molecule has 6 nitrogen and oxygen atoms in total. The van der Waals surface area contributed by atoms with Crippen LogP contribution in [0.4, 0.5) is 0 Å². The number of nitrogens with zero attached hydrogens (tertiary/aromatic N) is 1. The first-order chi connectivity index (χ1) is 11.0. The Bertz CT molecular complexity index is 510. The molecule has 1 aromatic rings. The Balaban J connectivity index is 0.00000288. The highest BCUT2D eigenvalue weighted by molar-refractivity contribution is 6.32. The van der Waals surface area contributed by atoms with Crippen LogP contribution in [0.25, 0.3) is 0 Å². The number of esters is 1. The van der Waals surface area contributed by atoms with E-state index in [9.17, 15) is 4.79 Å². The summed E-state index contributed by atoms with van der Waals surface area (Å²) in [6.45, 7) is 2.85. The summed E-state index contributed by atoms with van der Waals surface area (Å²) in [4.78, 5) is 15.7. The van der Waals surface area contributed by atoms with Crippen molar-refractivity contribution in [2.75, 3.05) is 26.3 Å². The topological polar surface area (TPSA) is 86.5 Å². The van der Waals surface area contributed by atoms with Gasteiger partial charge in [0.2, 0.25) is 0 Å². The number of piperidine rings is 1. The number of nitrogens with two attached hydrogens (primary N) is 1. The number of ether oxygens (including phenoxy) is 2. The highest BCUT2D eigenvalue weighted by Gasteiger charge is 2.18. The maximum absolute atomic E-state index is 11.8. The van der Waals surface area contributed by atoms with E-state index < -0.39 is 12.0 Å². The van der Waals surface area contributed by atoms with Crippen LogP contribution in [0.2, 0.25) is 10.3 Å². The Morgan fingerprint density at radius 1 is 1.28 bits per heavy atom. The van der Waals surface area contributed by atoms with Gasteiger partial charge >= 0.3 is 5.97 Å². The van der Waals surface area contributed by atoms with E-state index >= 15 is 0 Å². The standard InChI is InChI=1S/C15H21Cl2N3O3.2ClH/c16-13-5-11(6-14(17)20-13)8-23-15(21)12(18)9-22-7-10-1-3-19-4-2-10;;/h5-6,10,12,19H,1-4,7-9,18H2;2*1H/t12-;;/m0../s1. The van der Waals surface area contributed by atoms with Crippen LogP contribution in [0.3, 0.4) is 0 Å². The summed E-state index contributed by atoms with van der Waals surface area (Å²) >= 11 is 11.6. The van der Waals surface area contributed by atoms with Gasteiger partial charge in [-0.2, -0.15) is 0 Å². The summed E-state index contributed by atoms with van der Waals surface area (Å²) in [7, 11) is 0. The van der Waals surface area contributed by atoms with Crippen LogP contribution < -0.4 is 11.1 Å². The van der Waals surface area contributed by atoms with Crippen molar-refractivity contribution in [3.05, 3.63) is 28.0 Å². The van der Waals surface area contributed by atoms with Crippen LogP contribution in [0.5, 0.6) is 0 Å². The number of halogens is 4. The normalized spacial score (nSPS) is 15.6. The molecule has 1 aliphatic rings. The largest absolute Gasteiger partial charge is 0.460 e. The van der Waals surface area contributed by atoms with Gasteiger partial charge < -0.3 is 20.5 Å². The lowest BCUT2D eigenvalue weighted by Gasteiger charge is -2.22. The summed E-state index contributed by atoms with van der Waals surface area (Å²) in [5.74, 6) is 0.0138. The first-order valence-corrected chi connectivity index (χ1v) is 8.33. The zero-order chi connectivity index (χ0) is 16.7. The SMILES string of the molecule is Cl.Cl.N[C@@H](COCC1CCNCC1)C(=O)OCc1cc(Cl)nc(Cl)c1. The molecule has 0 amide bonds. The molecule has 0 aliphatic carbocycles. The summed E-state index contributed by atoms with van der Waals surface area (Å²) in [6, 6.07) is 2.36. The van der Waals surface area contributed by atoms with Gasteiger partial charge in [0.1, 0.15) is 23.0 Å². The number of aromatic nitrogens is 1. The first-order valence-electron chi connectivity index (χ1n) is 7.57. The Morgan fingerprint density at radius 3 is 2.48 bits per heavy atom. The predicted molar refractivity (Wildman–Crippen MR) is 103 cm³/mol. The van der Waals surface area contributed by atoms with Gasteiger partial charge in [-0.25, -0.2) is 4.98 Å². The molecule has 1 aliphatic heterocycles. The minimum atomic E-state index is -0.801. The van der Waals surface area contributed by atoms with Crippen LogP contribution in [0, 0.1) is 5.92 Å². The van der Waals surface area contributed by atoms with Crippen molar-refractivity contribution in [3.63, 3.8) is 0 Å². The van der Waals surface area contributed by atoms with Crippen LogP contribution in [0.15, 0.2) is 12.1 Å². The fraction of sp³-hybridized carbons (Fsp3) is 0.600. The van der Waals surface area contributed by atoms with Gasteiger partial charge in [-0.1, -0.05) is 23.2 Å². The summed E-state index contributed by atoms with van der Waals surface area (Å²) < 4.78 is 10.7. The number of hydrogen-bond donors (Lipinski definition) is 2. The van der Waals surface area contributed by atoms with Crippen molar-refractivity contribution in [1.29, 1.82) is 0 Å². The molecule has 0 saturated carbocycles. The number of carbonyl (C=O) groups is 1. The molecule has 3 N–H and O–H groups in total. The second kappa shape index (κ2) is 12.9. The molecular formula is C15H23Cl4N3O3. The Morgan fingerprint density at radius 2 is 1.88 bits per heavy atom. The van der Waals surface area contributed by atoms with Gasteiger partial charge in [-0.05, 0) is 49.5 Å². The predicted octanol–water partition coefficient (Wildman–Crippen LogP) is 2.62. The van der Waals surface area contributed by atoms with E-state index in [0.29, 0.717) is 18.1 Å². The zero-order valence-corrected chi connectivity index (χ0v) is 16.7. The molecule has 0 aromatic carbocycles. The molecule has 2 rings (SSSR count). The second-order valence-corrected chi connectivity index (χ2v) is 6.34. The van der Waals surface area contributed by atoms with Crippen LogP contribution in [0.1, 0.15) is 18.4 Å². The third-order valence-corrected chi connectivity index (χ3v) is 4.00. The van der Waals surface area contributed by atoms with E-state index in [-0.39, 0.29) is 48.3 Å². The number of hydrogen-bond acceptors (Lipinski definition) is 6. The monoisotopic (exact) mass is 433 g/mol. The van der Waals surface area contributed by atoms with E-state index in [0.717, 1.165) is 25.9 Å². The molecule has 1 saturated heterocycles. The quantitative estimate of drug-likeness (QED) is 0.506. The van der Waals surface area contributed by atoms with Gasteiger partial charge in [0, 0.05) is 6.61 Å². The van der Waals surface area contributed by atoms with Gasteiger partial charge in [0.05, 0.1) is 6.61 Å². The smallest absolute Gasteiger partial charge is 0.325 e. The molecule has 10 heteroatoms. The van der Waals surface area contributed by atoms with Gasteiger partial charge in [-0.15, -0.1) is 24.8 Å². The number of carbonyl (C=O) groups excluding carboxylic acids is 1. The van der Waals surface area contributed by atoms with Crippen LogP contribution in [-0.4, -0.2) is 43.3 Å². The van der Waals surface area contributed by atoms with Gasteiger partial charge in [0.15, 0.2) is 0 Å². The lowest BCUT2D eigenvalue weighted by atomic mass is 9.99. The molecule has 1 aromatic heterocycles. The van der Waals surface area contributed by atoms with E-state index in [4.69, 9.17) is 38.4 Å².